The molecular weight excluding hydrogens is 222 g/mol. The lowest BCUT2D eigenvalue weighted by Gasteiger charge is -2.10. The van der Waals surface area contributed by atoms with Gasteiger partial charge in [-0.25, -0.2) is 8.78 Å². The fraction of sp³-hybridized carbons (Fsp3) is 0.400. The van der Waals surface area contributed by atoms with Crippen LogP contribution in [0, 0.1) is 18.3 Å². The first-order valence-corrected chi connectivity index (χ1v) is 4.84. The highest BCUT2D eigenvalue weighted by molar-refractivity contribution is 6.17. The van der Waals surface area contributed by atoms with E-state index in [4.69, 9.17) is 16.9 Å². The van der Waals surface area contributed by atoms with Crippen molar-refractivity contribution >= 4 is 11.6 Å². The Kier molecular flexibility index (Phi) is 3.98. The topological polar surface area (TPSA) is 36.7 Å². The van der Waals surface area contributed by atoms with Crippen LogP contribution in [0.1, 0.15) is 28.9 Å². The molecule has 1 aromatic rings. The van der Waals surface area contributed by atoms with Gasteiger partial charge >= 0.3 is 0 Å². The van der Waals surface area contributed by atoms with Crippen LogP contribution in [0.25, 0.3) is 0 Å². The molecule has 0 aliphatic carbocycles. The lowest BCUT2D eigenvalue weighted by Crippen LogP contribution is -2.03. The summed E-state index contributed by atoms with van der Waals surface area (Å²) in [5.41, 5.74) is 0.958. The quantitative estimate of drug-likeness (QED) is 0.748. The predicted molar refractivity (Wildman–Crippen MR) is 52.8 cm³/mol. The lowest BCUT2D eigenvalue weighted by atomic mass is 10.1. The second-order valence-electron chi connectivity index (χ2n) is 3.06. The van der Waals surface area contributed by atoms with Crippen molar-refractivity contribution < 1.29 is 8.78 Å². The van der Waals surface area contributed by atoms with Crippen molar-refractivity contribution in [2.24, 2.45) is 0 Å². The third-order valence-corrected chi connectivity index (χ3v) is 2.26. The van der Waals surface area contributed by atoms with Crippen LogP contribution >= 0.6 is 11.6 Å². The van der Waals surface area contributed by atoms with Crippen LogP contribution in [-0.2, 0) is 12.3 Å². The maximum Gasteiger partial charge on any atom is 0.265 e. The second-order valence-corrected chi connectivity index (χ2v) is 3.33. The average molecular weight is 231 g/mol. The van der Waals surface area contributed by atoms with Crippen molar-refractivity contribution in [1.82, 2.24) is 4.98 Å². The average Bonchev–Trinajstić information content (AvgIpc) is 2.16. The number of alkyl halides is 3. The Hall–Kier alpha value is -1.21. The molecule has 2 nitrogen and oxygen atoms in total. The summed E-state index contributed by atoms with van der Waals surface area (Å²) in [7, 11) is 0. The molecule has 0 bridgehead atoms. The van der Waals surface area contributed by atoms with Gasteiger partial charge in [-0.1, -0.05) is 0 Å². The Labute approximate surface area is 91.5 Å². The van der Waals surface area contributed by atoms with Crippen LogP contribution in [-0.4, -0.2) is 4.98 Å². The van der Waals surface area contributed by atoms with Gasteiger partial charge in [0.1, 0.15) is 0 Å². The molecule has 0 fully saturated rings. The fourth-order valence-electron chi connectivity index (χ4n) is 1.39. The molecule has 0 aromatic carbocycles. The molecule has 0 aliphatic heterocycles. The molecule has 80 valence electrons. The maximum absolute atomic E-state index is 12.6. The molecule has 0 spiro atoms. The molecule has 0 unspecified atom stereocenters. The standard InChI is InChI=1S/C10H9ClF2N2/c1-6-4-7(2-3-14)15-8(5-11)9(6)10(12)13/h4,10H,2,5H2,1H3. The van der Waals surface area contributed by atoms with Gasteiger partial charge in [0.15, 0.2) is 0 Å². The van der Waals surface area contributed by atoms with Crippen LogP contribution in [0.4, 0.5) is 8.78 Å². The Morgan fingerprint density at radius 3 is 2.73 bits per heavy atom. The molecule has 1 heterocycles. The largest absolute Gasteiger partial charge is 0.265 e. The minimum absolute atomic E-state index is 0.0697. The molecule has 1 aromatic heterocycles. The van der Waals surface area contributed by atoms with Crippen molar-refractivity contribution in [3.05, 3.63) is 28.6 Å². The molecule has 0 saturated heterocycles. The van der Waals surface area contributed by atoms with Crippen LogP contribution in [0.3, 0.4) is 0 Å². The molecule has 0 amide bonds. The molecular formula is C10H9ClF2N2. The number of aryl methyl sites for hydroxylation is 1. The van der Waals surface area contributed by atoms with Gasteiger partial charge in [0.2, 0.25) is 0 Å². The first-order chi connectivity index (χ1) is 7.10. The summed E-state index contributed by atoms with van der Waals surface area (Å²) < 4.78 is 25.3. The second kappa shape index (κ2) is 5.04. The first-order valence-electron chi connectivity index (χ1n) is 4.30. The third-order valence-electron chi connectivity index (χ3n) is 2.00. The SMILES string of the molecule is Cc1cc(CC#N)nc(CCl)c1C(F)F. The van der Waals surface area contributed by atoms with Gasteiger partial charge in [0, 0.05) is 5.56 Å². The van der Waals surface area contributed by atoms with Gasteiger partial charge in [-0.15, -0.1) is 11.6 Å². The summed E-state index contributed by atoms with van der Waals surface area (Å²) in [6.07, 6.45) is -2.48. The van der Waals surface area contributed by atoms with Crippen LogP contribution in [0.2, 0.25) is 0 Å². The number of halogens is 3. The van der Waals surface area contributed by atoms with Gasteiger partial charge in [0.05, 0.1) is 29.8 Å². The van der Waals surface area contributed by atoms with Gasteiger partial charge in [0.25, 0.3) is 6.43 Å². The zero-order valence-electron chi connectivity index (χ0n) is 8.10. The minimum Gasteiger partial charge on any atom is -0.255 e. The smallest absolute Gasteiger partial charge is 0.255 e. The van der Waals surface area contributed by atoms with E-state index < -0.39 is 6.43 Å². The van der Waals surface area contributed by atoms with E-state index in [-0.39, 0.29) is 23.6 Å². The summed E-state index contributed by atoms with van der Waals surface area (Å²) in [6, 6.07) is 3.42. The highest BCUT2D eigenvalue weighted by Gasteiger charge is 2.17. The zero-order chi connectivity index (χ0) is 11.4. The summed E-state index contributed by atoms with van der Waals surface area (Å²) in [4.78, 5) is 3.93. The summed E-state index contributed by atoms with van der Waals surface area (Å²) >= 11 is 5.54. The van der Waals surface area contributed by atoms with Crippen molar-refractivity contribution in [2.45, 2.75) is 25.7 Å². The Balaban J connectivity index is 3.25. The van der Waals surface area contributed by atoms with Gasteiger partial charge in [-0.05, 0) is 18.6 Å². The predicted octanol–water partition coefficient (Wildman–Crippen LogP) is 3.13. The van der Waals surface area contributed by atoms with E-state index in [1.165, 1.54) is 6.07 Å². The van der Waals surface area contributed by atoms with Crippen LogP contribution in [0.15, 0.2) is 6.07 Å². The highest BCUT2D eigenvalue weighted by Crippen LogP contribution is 2.27. The monoisotopic (exact) mass is 230 g/mol. The van der Waals surface area contributed by atoms with Gasteiger partial charge in [-0.3, -0.25) is 4.98 Å². The minimum atomic E-state index is -2.58. The van der Waals surface area contributed by atoms with E-state index in [0.717, 1.165) is 0 Å². The maximum atomic E-state index is 12.6. The molecule has 1 rings (SSSR count). The lowest BCUT2D eigenvalue weighted by molar-refractivity contribution is 0.149. The number of rotatable bonds is 3. The molecule has 0 N–H and O–H groups in total. The van der Waals surface area contributed by atoms with Crippen LogP contribution < -0.4 is 0 Å². The zero-order valence-corrected chi connectivity index (χ0v) is 8.85. The Morgan fingerprint density at radius 2 is 2.27 bits per heavy atom. The van der Waals surface area contributed by atoms with Crippen molar-refractivity contribution in [2.75, 3.05) is 0 Å². The van der Waals surface area contributed by atoms with E-state index in [9.17, 15) is 8.78 Å². The highest BCUT2D eigenvalue weighted by atomic mass is 35.5. The van der Waals surface area contributed by atoms with E-state index in [2.05, 4.69) is 4.98 Å². The van der Waals surface area contributed by atoms with Gasteiger partial charge in [-0.2, -0.15) is 5.26 Å². The normalized spacial score (nSPS) is 10.4. The van der Waals surface area contributed by atoms with E-state index in [1.807, 2.05) is 6.07 Å². The molecule has 5 heteroatoms. The number of pyridine rings is 1. The Bertz CT molecular complexity index is 399. The van der Waals surface area contributed by atoms with Crippen molar-refractivity contribution in [3.63, 3.8) is 0 Å². The third kappa shape index (κ3) is 2.63. The fourth-order valence-corrected chi connectivity index (χ4v) is 1.60. The van der Waals surface area contributed by atoms with E-state index in [1.54, 1.807) is 6.92 Å². The summed E-state index contributed by atoms with van der Waals surface area (Å²) in [5.74, 6) is -0.0697. The number of aromatic nitrogens is 1. The summed E-state index contributed by atoms with van der Waals surface area (Å²) in [6.45, 7) is 1.57. The number of nitrogens with zero attached hydrogens (tertiary/aromatic N) is 2. The molecule has 0 aliphatic rings. The molecule has 0 radical (unpaired) electrons. The van der Waals surface area contributed by atoms with Crippen LogP contribution in [0.5, 0.6) is 0 Å². The number of hydrogen-bond acceptors (Lipinski definition) is 2. The number of nitriles is 1. The number of hydrogen-bond donors (Lipinski definition) is 0. The summed E-state index contributed by atoms with van der Waals surface area (Å²) in [5, 5.41) is 8.48. The molecule has 0 saturated carbocycles. The first kappa shape index (κ1) is 11.9. The van der Waals surface area contributed by atoms with Gasteiger partial charge < -0.3 is 0 Å². The Morgan fingerprint density at radius 1 is 1.60 bits per heavy atom. The molecule has 15 heavy (non-hydrogen) atoms. The van der Waals surface area contributed by atoms with Crippen molar-refractivity contribution in [3.8, 4) is 6.07 Å². The van der Waals surface area contributed by atoms with E-state index >= 15 is 0 Å². The molecule has 0 atom stereocenters. The van der Waals surface area contributed by atoms with E-state index in [0.29, 0.717) is 11.3 Å². The van der Waals surface area contributed by atoms with Crippen molar-refractivity contribution in [1.29, 1.82) is 5.26 Å².